The minimum absolute atomic E-state index is 0.0453. The van der Waals surface area contributed by atoms with Gasteiger partial charge in [0.15, 0.2) is 5.96 Å². The van der Waals surface area contributed by atoms with Crippen LogP contribution in [-0.4, -0.2) is 43.1 Å². The monoisotopic (exact) mass is 337 g/mol. The summed E-state index contributed by atoms with van der Waals surface area (Å²) in [5.41, 5.74) is 1.29. The minimum Gasteiger partial charge on any atom is -0.466 e. The maximum absolute atomic E-state index is 12.0. The van der Waals surface area contributed by atoms with Crippen molar-refractivity contribution in [3.63, 3.8) is 0 Å². The SMILES string of the molecule is CCNC(=NCc1sccc1C)N1CCCC(C(=O)OCC)C1. The highest BCUT2D eigenvalue weighted by Gasteiger charge is 2.28. The van der Waals surface area contributed by atoms with E-state index in [-0.39, 0.29) is 11.9 Å². The van der Waals surface area contributed by atoms with Gasteiger partial charge in [0, 0.05) is 24.5 Å². The second kappa shape index (κ2) is 8.91. The van der Waals surface area contributed by atoms with Gasteiger partial charge in [0.25, 0.3) is 0 Å². The summed E-state index contributed by atoms with van der Waals surface area (Å²) in [6, 6.07) is 2.13. The lowest BCUT2D eigenvalue weighted by Crippen LogP contribution is -2.48. The van der Waals surface area contributed by atoms with Crippen molar-refractivity contribution in [2.45, 2.75) is 40.2 Å². The van der Waals surface area contributed by atoms with Crippen molar-refractivity contribution >= 4 is 23.3 Å². The molecule has 1 saturated heterocycles. The molecular weight excluding hydrogens is 310 g/mol. The molecule has 128 valence electrons. The highest BCUT2D eigenvalue weighted by molar-refractivity contribution is 7.10. The molecule has 1 atom stereocenters. The van der Waals surface area contributed by atoms with Crippen LogP contribution in [0.25, 0.3) is 0 Å². The number of likely N-dealkylation sites (tertiary alicyclic amines) is 1. The second-order valence-corrected chi connectivity index (χ2v) is 6.73. The van der Waals surface area contributed by atoms with Crippen LogP contribution in [0, 0.1) is 12.8 Å². The normalized spacial score (nSPS) is 18.8. The number of ether oxygens (including phenoxy) is 1. The molecule has 1 aliphatic rings. The van der Waals surface area contributed by atoms with Gasteiger partial charge in [0.2, 0.25) is 0 Å². The molecule has 23 heavy (non-hydrogen) atoms. The van der Waals surface area contributed by atoms with Gasteiger partial charge in [0.05, 0.1) is 19.1 Å². The number of hydrogen-bond acceptors (Lipinski definition) is 4. The predicted molar refractivity (Wildman–Crippen MR) is 94.8 cm³/mol. The van der Waals surface area contributed by atoms with Crippen LogP contribution >= 0.6 is 11.3 Å². The first-order valence-electron chi connectivity index (χ1n) is 8.38. The molecule has 0 aliphatic carbocycles. The maximum Gasteiger partial charge on any atom is 0.310 e. The molecule has 1 fully saturated rings. The van der Waals surface area contributed by atoms with Gasteiger partial charge in [-0.2, -0.15) is 0 Å². The summed E-state index contributed by atoms with van der Waals surface area (Å²) in [5.74, 6) is 0.771. The van der Waals surface area contributed by atoms with E-state index >= 15 is 0 Å². The summed E-state index contributed by atoms with van der Waals surface area (Å²) in [6.07, 6.45) is 1.89. The quantitative estimate of drug-likeness (QED) is 0.510. The highest BCUT2D eigenvalue weighted by atomic mass is 32.1. The van der Waals surface area contributed by atoms with Gasteiger partial charge >= 0.3 is 5.97 Å². The van der Waals surface area contributed by atoms with Gasteiger partial charge < -0.3 is 15.0 Å². The minimum atomic E-state index is -0.0813. The lowest BCUT2D eigenvalue weighted by molar-refractivity contribution is -0.149. The Balaban J connectivity index is 2.04. The zero-order valence-electron chi connectivity index (χ0n) is 14.3. The van der Waals surface area contributed by atoms with Gasteiger partial charge in [-0.3, -0.25) is 4.79 Å². The number of aliphatic imine (C=N–C) groups is 1. The van der Waals surface area contributed by atoms with Crippen LogP contribution in [0.1, 0.15) is 37.1 Å². The van der Waals surface area contributed by atoms with E-state index in [1.165, 1.54) is 10.4 Å². The number of nitrogens with one attached hydrogen (secondary N) is 1. The van der Waals surface area contributed by atoms with E-state index in [1.54, 1.807) is 11.3 Å². The van der Waals surface area contributed by atoms with E-state index in [0.717, 1.165) is 31.9 Å². The van der Waals surface area contributed by atoms with Gasteiger partial charge in [-0.1, -0.05) is 0 Å². The standard InChI is InChI=1S/C17H27N3O2S/c1-4-18-17(19-11-15-13(3)8-10-23-15)20-9-6-7-14(12-20)16(21)22-5-2/h8,10,14H,4-7,9,11-12H2,1-3H3,(H,18,19). The maximum atomic E-state index is 12.0. The Morgan fingerprint density at radius 2 is 2.35 bits per heavy atom. The number of piperidine rings is 1. The first-order valence-corrected chi connectivity index (χ1v) is 9.26. The molecule has 2 heterocycles. The Hall–Kier alpha value is -1.56. The topological polar surface area (TPSA) is 53.9 Å². The van der Waals surface area contributed by atoms with Crippen molar-refractivity contribution in [3.05, 3.63) is 21.9 Å². The van der Waals surface area contributed by atoms with E-state index in [9.17, 15) is 4.79 Å². The summed E-state index contributed by atoms with van der Waals surface area (Å²) >= 11 is 1.74. The van der Waals surface area contributed by atoms with Crippen LogP contribution in [-0.2, 0) is 16.1 Å². The number of rotatable bonds is 5. The lowest BCUT2D eigenvalue weighted by atomic mass is 9.98. The number of hydrogen-bond donors (Lipinski definition) is 1. The molecule has 1 unspecified atom stereocenters. The smallest absolute Gasteiger partial charge is 0.310 e. The Morgan fingerprint density at radius 1 is 1.52 bits per heavy atom. The zero-order chi connectivity index (χ0) is 16.7. The van der Waals surface area contributed by atoms with Crippen LogP contribution in [0.5, 0.6) is 0 Å². The fourth-order valence-corrected chi connectivity index (χ4v) is 3.59. The number of aryl methyl sites for hydroxylation is 1. The van der Waals surface area contributed by atoms with Crippen LogP contribution in [0.3, 0.4) is 0 Å². The molecule has 0 spiro atoms. The third-order valence-corrected chi connectivity index (χ3v) is 5.02. The van der Waals surface area contributed by atoms with Crippen LogP contribution in [0.2, 0.25) is 0 Å². The number of nitrogens with zero attached hydrogens (tertiary/aromatic N) is 2. The molecule has 0 aromatic carbocycles. The van der Waals surface area contributed by atoms with Gasteiger partial charge in [-0.05, 0) is 50.6 Å². The molecule has 1 aromatic rings. The zero-order valence-corrected chi connectivity index (χ0v) is 15.1. The van der Waals surface area contributed by atoms with E-state index in [1.807, 2.05) is 6.92 Å². The van der Waals surface area contributed by atoms with E-state index in [4.69, 9.17) is 9.73 Å². The third kappa shape index (κ3) is 4.96. The lowest BCUT2D eigenvalue weighted by Gasteiger charge is -2.34. The van der Waals surface area contributed by atoms with Crippen molar-refractivity contribution in [2.24, 2.45) is 10.9 Å². The van der Waals surface area contributed by atoms with Crippen LogP contribution < -0.4 is 5.32 Å². The predicted octanol–water partition coefficient (Wildman–Crippen LogP) is 2.80. The molecule has 5 nitrogen and oxygen atoms in total. The summed E-state index contributed by atoms with van der Waals surface area (Å²) in [7, 11) is 0. The van der Waals surface area contributed by atoms with Crippen molar-refractivity contribution in [1.82, 2.24) is 10.2 Å². The number of guanidine groups is 1. The Bertz CT molecular complexity index is 542. The fraction of sp³-hybridized carbons (Fsp3) is 0.647. The first-order chi connectivity index (χ1) is 11.2. The van der Waals surface area contributed by atoms with Crippen LogP contribution in [0.15, 0.2) is 16.4 Å². The van der Waals surface area contributed by atoms with Crippen molar-refractivity contribution in [3.8, 4) is 0 Å². The molecule has 0 amide bonds. The molecule has 2 rings (SSSR count). The van der Waals surface area contributed by atoms with Gasteiger partial charge in [-0.25, -0.2) is 4.99 Å². The average molecular weight is 337 g/mol. The first kappa shape index (κ1) is 17.8. The summed E-state index contributed by atoms with van der Waals surface area (Å²) in [6.45, 7) is 9.62. The molecule has 0 bridgehead atoms. The number of esters is 1. The fourth-order valence-electron chi connectivity index (χ4n) is 2.76. The summed E-state index contributed by atoms with van der Waals surface area (Å²) < 4.78 is 5.18. The third-order valence-electron chi connectivity index (χ3n) is 4.02. The number of carbonyl (C=O) groups is 1. The molecule has 6 heteroatoms. The molecule has 1 N–H and O–H groups in total. The Kier molecular flexibility index (Phi) is 6.89. The van der Waals surface area contributed by atoms with Gasteiger partial charge in [-0.15, -0.1) is 11.3 Å². The van der Waals surface area contributed by atoms with E-state index in [2.05, 4.69) is 35.5 Å². The molecule has 0 saturated carbocycles. The van der Waals surface area contributed by atoms with Crippen molar-refractivity contribution < 1.29 is 9.53 Å². The largest absolute Gasteiger partial charge is 0.466 e. The summed E-state index contributed by atoms with van der Waals surface area (Å²) in [5, 5.41) is 5.46. The van der Waals surface area contributed by atoms with E-state index < -0.39 is 0 Å². The molecule has 1 aromatic heterocycles. The van der Waals surface area contributed by atoms with Crippen molar-refractivity contribution in [1.29, 1.82) is 0 Å². The Morgan fingerprint density at radius 3 is 3.00 bits per heavy atom. The van der Waals surface area contributed by atoms with Crippen LogP contribution in [0.4, 0.5) is 0 Å². The van der Waals surface area contributed by atoms with Crippen molar-refractivity contribution in [2.75, 3.05) is 26.2 Å². The Labute approximate surface area is 142 Å². The number of thiophene rings is 1. The second-order valence-electron chi connectivity index (χ2n) is 5.73. The molecule has 1 aliphatic heterocycles. The summed E-state index contributed by atoms with van der Waals surface area (Å²) in [4.78, 5) is 20.3. The number of carbonyl (C=O) groups excluding carboxylic acids is 1. The van der Waals surface area contributed by atoms with Gasteiger partial charge in [0.1, 0.15) is 0 Å². The highest BCUT2D eigenvalue weighted by Crippen LogP contribution is 2.19. The average Bonchev–Trinajstić information content (AvgIpc) is 2.97. The molecular formula is C17H27N3O2S. The molecule has 0 radical (unpaired) electrons. The van der Waals surface area contributed by atoms with E-state index in [0.29, 0.717) is 19.7 Å².